The minimum Gasteiger partial charge on any atom is -0.275 e. The Bertz CT molecular complexity index is 1060. The van der Waals surface area contributed by atoms with Gasteiger partial charge in [-0.15, -0.1) is 0 Å². The molecule has 4 heteroatoms. The highest BCUT2D eigenvalue weighted by Crippen LogP contribution is 2.38. The predicted molar refractivity (Wildman–Crippen MR) is 115 cm³/mol. The van der Waals surface area contributed by atoms with E-state index in [0.29, 0.717) is 10.6 Å². The molecule has 0 unspecified atom stereocenters. The molecule has 27 heavy (non-hydrogen) atoms. The molecule has 3 aromatic rings. The Labute approximate surface area is 171 Å². The van der Waals surface area contributed by atoms with Crippen LogP contribution in [0, 0.1) is 0 Å². The van der Waals surface area contributed by atoms with Crippen LogP contribution >= 0.6 is 27.5 Å². The maximum absolute atomic E-state index is 13.3. The fraction of sp³-hybridized carbons (Fsp3) is 0. The Hall–Kier alpha value is -2.62. The van der Waals surface area contributed by atoms with E-state index in [4.69, 9.17) is 11.6 Å². The number of para-hydroxylation sites is 1. The van der Waals surface area contributed by atoms with Crippen LogP contribution in [0.15, 0.2) is 95.0 Å². The van der Waals surface area contributed by atoms with Gasteiger partial charge in [-0.2, -0.15) is 0 Å². The number of halogens is 2. The molecule has 0 radical (unpaired) electrons. The van der Waals surface area contributed by atoms with Gasteiger partial charge in [0, 0.05) is 15.1 Å². The topological polar surface area (TPSA) is 20.3 Å². The molecular weight excluding hydrogens is 422 g/mol. The summed E-state index contributed by atoms with van der Waals surface area (Å²) in [5, 5.41) is 0.663. The second kappa shape index (κ2) is 7.55. The Morgan fingerprint density at radius 3 is 2.22 bits per heavy atom. The van der Waals surface area contributed by atoms with Gasteiger partial charge in [-0.05, 0) is 63.5 Å². The molecule has 0 fully saturated rings. The van der Waals surface area contributed by atoms with Gasteiger partial charge in [0.25, 0.3) is 5.91 Å². The minimum absolute atomic E-state index is 0.0595. The first kappa shape index (κ1) is 17.8. The zero-order chi connectivity index (χ0) is 18.8. The van der Waals surface area contributed by atoms with E-state index in [-0.39, 0.29) is 5.91 Å². The molecule has 2 nitrogen and oxygen atoms in total. The molecule has 1 aliphatic rings. The lowest BCUT2D eigenvalue weighted by Crippen LogP contribution is -2.25. The van der Waals surface area contributed by atoms with Gasteiger partial charge in [0.2, 0.25) is 0 Å². The largest absolute Gasteiger partial charge is 0.275 e. The smallest absolute Gasteiger partial charge is 0.262 e. The first-order valence-corrected chi connectivity index (χ1v) is 9.64. The van der Waals surface area contributed by atoms with Crippen molar-refractivity contribution in [2.45, 2.75) is 0 Å². The SMILES string of the molecule is O=C1/C(=C/c2ccccc2)C=C(c2ccc(Cl)cc2)N1c1ccccc1Br. The molecule has 3 aromatic carbocycles. The van der Waals surface area contributed by atoms with Gasteiger partial charge in [-0.3, -0.25) is 9.69 Å². The first-order chi connectivity index (χ1) is 13.1. The third-order valence-electron chi connectivity index (χ3n) is 4.34. The quantitative estimate of drug-likeness (QED) is 0.425. The molecule has 1 heterocycles. The highest BCUT2D eigenvalue weighted by atomic mass is 79.9. The minimum atomic E-state index is -0.0595. The third kappa shape index (κ3) is 3.61. The van der Waals surface area contributed by atoms with Gasteiger partial charge in [-0.25, -0.2) is 0 Å². The average Bonchev–Trinajstić information content (AvgIpc) is 3.00. The molecule has 1 amide bonds. The molecular formula is C23H15BrClNO. The summed E-state index contributed by atoms with van der Waals surface area (Å²) in [5.74, 6) is -0.0595. The molecule has 0 aromatic heterocycles. The Kier molecular flexibility index (Phi) is 4.97. The molecule has 0 spiro atoms. The fourth-order valence-electron chi connectivity index (χ4n) is 3.05. The summed E-state index contributed by atoms with van der Waals surface area (Å²) < 4.78 is 0.860. The molecule has 0 aliphatic carbocycles. The number of nitrogens with zero attached hydrogens (tertiary/aromatic N) is 1. The van der Waals surface area contributed by atoms with E-state index in [1.165, 1.54) is 0 Å². The van der Waals surface area contributed by atoms with E-state index in [1.807, 2.05) is 91.0 Å². The van der Waals surface area contributed by atoms with Crippen LogP contribution in [0.5, 0.6) is 0 Å². The Morgan fingerprint density at radius 1 is 0.852 bits per heavy atom. The number of hydrogen-bond donors (Lipinski definition) is 0. The predicted octanol–water partition coefficient (Wildman–Crippen LogP) is 6.57. The van der Waals surface area contributed by atoms with Crippen molar-refractivity contribution in [3.63, 3.8) is 0 Å². The normalized spacial score (nSPS) is 15.3. The van der Waals surface area contributed by atoms with Crippen LogP contribution < -0.4 is 4.90 Å². The van der Waals surface area contributed by atoms with Crippen LogP contribution in [0.25, 0.3) is 11.8 Å². The lowest BCUT2D eigenvalue weighted by molar-refractivity contribution is -0.113. The van der Waals surface area contributed by atoms with Crippen molar-refractivity contribution < 1.29 is 4.79 Å². The second-order valence-electron chi connectivity index (χ2n) is 6.14. The molecule has 0 bridgehead atoms. The van der Waals surface area contributed by atoms with Crippen molar-refractivity contribution >= 4 is 50.9 Å². The maximum atomic E-state index is 13.3. The van der Waals surface area contributed by atoms with Gasteiger partial charge in [-0.1, -0.05) is 66.2 Å². The molecule has 132 valence electrons. The van der Waals surface area contributed by atoms with Crippen LogP contribution in [0.4, 0.5) is 5.69 Å². The van der Waals surface area contributed by atoms with Gasteiger partial charge < -0.3 is 0 Å². The van der Waals surface area contributed by atoms with Crippen molar-refractivity contribution in [3.8, 4) is 0 Å². The number of anilines is 1. The van der Waals surface area contributed by atoms with E-state index < -0.39 is 0 Å². The lowest BCUT2D eigenvalue weighted by atomic mass is 10.1. The molecule has 0 saturated carbocycles. The highest BCUT2D eigenvalue weighted by Gasteiger charge is 2.31. The van der Waals surface area contributed by atoms with Crippen molar-refractivity contribution in [1.29, 1.82) is 0 Å². The van der Waals surface area contributed by atoms with E-state index in [2.05, 4.69) is 15.9 Å². The van der Waals surface area contributed by atoms with Gasteiger partial charge >= 0.3 is 0 Å². The average molecular weight is 437 g/mol. The number of carbonyl (C=O) groups is 1. The maximum Gasteiger partial charge on any atom is 0.262 e. The first-order valence-electron chi connectivity index (χ1n) is 8.47. The summed E-state index contributed by atoms with van der Waals surface area (Å²) in [7, 11) is 0. The van der Waals surface area contributed by atoms with Crippen molar-refractivity contribution in [1.82, 2.24) is 0 Å². The summed E-state index contributed by atoms with van der Waals surface area (Å²) in [5.41, 5.74) is 4.19. The summed E-state index contributed by atoms with van der Waals surface area (Å²) in [6, 6.07) is 25.1. The van der Waals surface area contributed by atoms with Crippen molar-refractivity contribution in [2.24, 2.45) is 0 Å². The molecule has 0 N–H and O–H groups in total. The Balaban J connectivity index is 1.85. The van der Waals surface area contributed by atoms with E-state index in [0.717, 1.165) is 27.0 Å². The van der Waals surface area contributed by atoms with Crippen LogP contribution in [-0.4, -0.2) is 5.91 Å². The zero-order valence-electron chi connectivity index (χ0n) is 14.3. The van der Waals surface area contributed by atoms with E-state index in [1.54, 1.807) is 4.90 Å². The van der Waals surface area contributed by atoms with Gasteiger partial charge in [0.15, 0.2) is 0 Å². The number of carbonyl (C=O) groups excluding carboxylic acids is 1. The number of rotatable bonds is 3. The summed E-state index contributed by atoms with van der Waals surface area (Å²) in [6.45, 7) is 0. The third-order valence-corrected chi connectivity index (χ3v) is 5.26. The van der Waals surface area contributed by atoms with Crippen LogP contribution in [0.1, 0.15) is 11.1 Å². The monoisotopic (exact) mass is 435 g/mol. The fourth-order valence-corrected chi connectivity index (χ4v) is 3.64. The molecule has 0 saturated heterocycles. The summed E-state index contributed by atoms with van der Waals surface area (Å²) in [4.78, 5) is 15.0. The van der Waals surface area contributed by atoms with Gasteiger partial charge in [0.1, 0.15) is 0 Å². The van der Waals surface area contributed by atoms with Crippen molar-refractivity contribution in [2.75, 3.05) is 4.90 Å². The zero-order valence-corrected chi connectivity index (χ0v) is 16.6. The standard InChI is InChI=1S/C23H15BrClNO/c24-20-8-4-5-9-21(20)26-22(17-10-12-19(25)13-11-17)15-18(23(26)27)14-16-6-2-1-3-7-16/h1-15H/b18-14+. The van der Waals surface area contributed by atoms with Crippen LogP contribution in [-0.2, 0) is 4.79 Å². The van der Waals surface area contributed by atoms with Crippen molar-refractivity contribution in [3.05, 3.63) is 111 Å². The number of hydrogen-bond acceptors (Lipinski definition) is 1. The molecule has 4 rings (SSSR count). The second-order valence-corrected chi connectivity index (χ2v) is 7.43. The summed E-state index contributed by atoms with van der Waals surface area (Å²) >= 11 is 9.61. The van der Waals surface area contributed by atoms with Gasteiger partial charge in [0.05, 0.1) is 11.4 Å². The Morgan fingerprint density at radius 2 is 1.52 bits per heavy atom. The summed E-state index contributed by atoms with van der Waals surface area (Å²) in [6.07, 6.45) is 3.84. The van der Waals surface area contributed by atoms with E-state index >= 15 is 0 Å². The highest BCUT2D eigenvalue weighted by molar-refractivity contribution is 9.10. The van der Waals surface area contributed by atoms with Crippen LogP contribution in [0.3, 0.4) is 0 Å². The lowest BCUT2D eigenvalue weighted by Gasteiger charge is -2.22. The molecule has 0 atom stereocenters. The van der Waals surface area contributed by atoms with Crippen LogP contribution in [0.2, 0.25) is 5.02 Å². The number of benzene rings is 3. The van der Waals surface area contributed by atoms with E-state index in [9.17, 15) is 4.79 Å². The number of amides is 1. The molecule has 1 aliphatic heterocycles.